The molecule has 0 bridgehead atoms. The smallest absolute Gasteiger partial charge is 0.269 e. The number of nitrogens with two attached hydrogens (primary N) is 1. The van der Waals surface area contributed by atoms with Crippen LogP contribution in [0.2, 0.25) is 0 Å². The monoisotopic (exact) mass is 664 g/mol. The first-order valence-electron chi connectivity index (χ1n) is 15.5. The van der Waals surface area contributed by atoms with Crippen molar-refractivity contribution in [3.05, 3.63) is 115 Å². The van der Waals surface area contributed by atoms with Crippen LogP contribution in [0.15, 0.2) is 103 Å². The van der Waals surface area contributed by atoms with Gasteiger partial charge in [-0.05, 0) is 55.0 Å². The third-order valence-corrected chi connectivity index (χ3v) is 10.2. The van der Waals surface area contributed by atoms with Gasteiger partial charge in [-0.15, -0.1) is 0 Å². The highest BCUT2D eigenvalue weighted by Gasteiger charge is 2.24. The third-order valence-electron chi connectivity index (χ3n) is 8.52. The van der Waals surface area contributed by atoms with E-state index in [0.717, 1.165) is 54.3 Å². The highest BCUT2D eigenvalue weighted by atomic mass is 32.2. The quantitative estimate of drug-likeness (QED) is 0.242. The molecule has 1 saturated heterocycles. The van der Waals surface area contributed by atoms with Gasteiger partial charge >= 0.3 is 0 Å². The fourth-order valence-corrected chi connectivity index (χ4v) is 7.31. The number of carbonyl (C=O) groups excluding carboxylic acids is 1. The van der Waals surface area contributed by atoms with Gasteiger partial charge in [-0.2, -0.15) is 5.10 Å². The van der Waals surface area contributed by atoms with Crippen LogP contribution in [0.1, 0.15) is 11.1 Å². The fraction of sp³-hybridized carbons (Fsp3) is 0.200. The molecule has 6 aromatic rings. The molecule has 11 nitrogen and oxygen atoms in total. The second-order valence-electron chi connectivity index (χ2n) is 11.9. The Morgan fingerprint density at radius 2 is 1.65 bits per heavy atom. The van der Waals surface area contributed by atoms with Crippen LogP contribution in [0.25, 0.3) is 33.3 Å². The molecule has 0 unspecified atom stereocenters. The van der Waals surface area contributed by atoms with E-state index in [2.05, 4.69) is 15.0 Å². The molecule has 4 aromatic heterocycles. The molecule has 5 heterocycles. The summed E-state index contributed by atoms with van der Waals surface area (Å²) in [6.45, 7) is 5.39. The predicted octanol–water partition coefficient (Wildman–Crippen LogP) is 4.30. The molecular formula is C35H33FN8O3S. The summed E-state index contributed by atoms with van der Waals surface area (Å²) in [5.41, 5.74) is 10.3. The Balaban J connectivity index is 1.24. The van der Waals surface area contributed by atoms with E-state index in [1.807, 2.05) is 42.3 Å². The highest BCUT2D eigenvalue weighted by Crippen LogP contribution is 2.35. The number of anilines is 1. The topological polar surface area (TPSA) is 132 Å². The van der Waals surface area contributed by atoms with Crippen LogP contribution in [0, 0.1) is 12.7 Å². The minimum Gasteiger partial charge on any atom is -0.369 e. The number of benzene rings is 2. The number of halogens is 1. The van der Waals surface area contributed by atoms with Gasteiger partial charge in [0.05, 0.1) is 24.2 Å². The van der Waals surface area contributed by atoms with E-state index in [-0.39, 0.29) is 28.8 Å². The Bertz CT molecular complexity index is 2220. The Morgan fingerprint density at radius 3 is 2.35 bits per heavy atom. The SMILES string of the molecule is Cc1ccc(S(=O)(=O)n2cc(-c3cnn(Cc4cccc(F)c4)c3)c3cc(-c4ccc(N5CCN(CC(N)=O)CC5)nc4)cnc32)cc1. The summed E-state index contributed by atoms with van der Waals surface area (Å²) in [6.07, 6.45) is 8.50. The van der Waals surface area contributed by atoms with Gasteiger partial charge in [0, 0.05) is 78.6 Å². The number of hydrogen-bond donors (Lipinski definition) is 1. The molecule has 1 fully saturated rings. The maximum absolute atomic E-state index is 13.9. The minimum absolute atomic E-state index is 0.152. The van der Waals surface area contributed by atoms with Crippen LogP contribution in [0.3, 0.4) is 0 Å². The number of hydrogen-bond acceptors (Lipinski definition) is 8. The lowest BCUT2D eigenvalue weighted by Crippen LogP contribution is -2.49. The number of carbonyl (C=O) groups is 1. The molecule has 1 aliphatic rings. The van der Waals surface area contributed by atoms with Gasteiger partial charge in [0.25, 0.3) is 10.0 Å². The van der Waals surface area contributed by atoms with E-state index in [4.69, 9.17) is 10.7 Å². The number of aryl methyl sites for hydroxylation is 1. The Morgan fingerprint density at radius 1 is 0.875 bits per heavy atom. The van der Waals surface area contributed by atoms with Crippen LogP contribution in [-0.4, -0.2) is 75.7 Å². The van der Waals surface area contributed by atoms with Crippen molar-refractivity contribution in [2.24, 2.45) is 5.73 Å². The first kappa shape index (κ1) is 31.2. The fourth-order valence-electron chi connectivity index (χ4n) is 5.99. The van der Waals surface area contributed by atoms with E-state index in [1.54, 1.807) is 59.8 Å². The van der Waals surface area contributed by atoms with Crippen LogP contribution in [0.4, 0.5) is 10.2 Å². The lowest BCUT2D eigenvalue weighted by molar-refractivity contribution is -0.119. The number of pyridine rings is 2. The van der Waals surface area contributed by atoms with Crippen LogP contribution in [0.5, 0.6) is 0 Å². The Kier molecular flexibility index (Phi) is 8.23. The number of fused-ring (bicyclic) bond motifs is 1. The van der Waals surface area contributed by atoms with Crippen LogP contribution >= 0.6 is 0 Å². The zero-order chi connectivity index (χ0) is 33.4. The van der Waals surface area contributed by atoms with Crippen molar-refractivity contribution in [1.29, 1.82) is 0 Å². The summed E-state index contributed by atoms with van der Waals surface area (Å²) < 4.78 is 44.6. The molecule has 0 spiro atoms. The minimum atomic E-state index is -3.98. The van der Waals surface area contributed by atoms with E-state index in [9.17, 15) is 17.6 Å². The first-order chi connectivity index (χ1) is 23.1. The number of primary amides is 1. The summed E-state index contributed by atoms with van der Waals surface area (Å²) in [5, 5.41) is 5.12. The maximum Gasteiger partial charge on any atom is 0.269 e. The number of piperazine rings is 1. The zero-order valence-electron chi connectivity index (χ0n) is 26.2. The van der Waals surface area contributed by atoms with Crippen molar-refractivity contribution in [2.45, 2.75) is 18.4 Å². The molecule has 0 atom stereocenters. The average Bonchev–Trinajstić information content (AvgIpc) is 3.70. The largest absolute Gasteiger partial charge is 0.369 e. The molecule has 2 N–H and O–H groups in total. The second-order valence-corrected chi connectivity index (χ2v) is 13.8. The van der Waals surface area contributed by atoms with Crippen molar-refractivity contribution in [3.63, 3.8) is 0 Å². The first-order valence-corrected chi connectivity index (χ1v) is 16.9. The van der Waals surface area contributed by atoms with Gasteiger partial charge in [-0.3, -0.25) is 14.4 Å². The van der Waals surface area contributed by atoms with Gasteiger partial charge in [0.2, 0.25) is 5.91 Å². The number of rotatable bonds is 9. The van der Waals surface area contributed by atoms with Gasteiger partial charge in [0.1, 0.15) is 11.6 Å². The van der Waals surface area contributed by atoms with Crippen LogP contribution < -0.4 is 10.6 Å². The zero-order valence-corrected chi connectivity index (χ0v) is 27.0. The number of nitrogens with zero attached hydrogens (tertiary/aromatic N) is 7. The number of aromatic nitrogens is 5. The highest BCUT2D eigenvalue weighted by molar-refractivity contribution is 7.90. The van der Waals surface area contributed by atoms with Crippen molar-refractivity contribution in [2.75, 3.05) is 37.6 Å². The lowest BCUT2D eigenvalue weighted by Gasteiger charge is -2.34. The van der Waals surface area contributed by atoms with Crippen molar-refractivity contribution in [1.82, 2.24) is 28.6 Å². The van der Waals surface area contributed by atoms with Crippen LogP contribution in [-0.2, 0) is 21.4 Å². The predicted molar refractivity (Wildman–Crippen MR) is 181 cm³/mol. The molecule has 2 aromatic carbocycles. The second kappa shape index (κ2) is 12.7. The summed E-state index contributed by atoms with van der Waals surface area (Å²) in [7, 11) is -3.98. The van der Waals surface area contributed by atoms with Crippen molar-refractivity contribution >= 4 is 32.8 Å². The number of amides is 1. The van der Waals surface area contributed by atoms with E-state index < -0.39 is 10.0 Å². The van der Waals surface area contributed by atoms with Crippen molar-refractivity contribution in [3.8, 4) is 22.3 Å². The normalized spacial score (nSPS) is 14.1. The molecular weight excluding hydrogens is 632 g/mol. The molecule has 7 rings (SSSR count). The summed E-state index contributed by atoms with van der Waals surface area (Å²) in [4.78, 5) is 25.0. The lowest BCUT2D eigenvalue weighted by atomic mass is 10.1. The van der Waals surface area contributed by atoms with Gasteiger partial charge in [-0.1, -0.05) is 29.8 Å². The van der Waals surface area contributed by atoms with Gasteiger partial charge in [-0.25, -0.2) is 26.7 Å². The average molecular weight is 665 g/mol. The van der Waals surface area contributed by atoms with Gasteiger partial charge < -0.3 is 10.6 Å². The molecule has 0 saturated carbocycles. The van der Waals surface area contributed by atoms with E-state index in [0.29, 0.717) is 23.1 Å². The summed E-state index contributed by atoms with van der Waals surface area (Å²) in [5.74, 6) is 0.168. The summed E-state index contributed by atoms with van der Waals surface area (Å²) in [6, 6.07) is 18.9. The molecule has 48 heavy (non-hydrogen) atoms. The molecule has 244 valence electrons. The standard InChI is InChI=1S/C35H33FN8O3S/c1-24-5-8-30(9-6-24)48(46,47)44-22-32(28-19-40-43(21-28)20-25-3-2-4-29(36)15-25)31-16-27(18-39-35(31)44)26-7-10-34(38-17-26)42-13-11-41(12-14-42)23-33(37)45/h2-10,15-19,21-22H,11-14,20,23H2,1H3,(H2,37,45). The van der Waals surface area contributed by atoms with Crippen molar-refractivity contribution < 1.29 is 17.6 Å². The molecule has 0 radical (unpaired) electrons. The summed E-state index contributed by atoms with van der Waals surface area (Å²) >= 11 is 0. The van der Waals surface area contributed by atoms with E-state index in [1.165, 1.54) is 16.1 Å². The molecule has 13 heteroatoms. The molecule has 1 aliphatic heterocycles. The van der Waals surface area contributed by atoms with Gasteiger partial charge in [0.15, 0.2) is 5.65 Å². The maximum atomic E-state index is 13.9. The Hall–Kier alpha value is -5.40. The molecule has 0 aliphatic carbocycles. The molecule has 1 amide bonds. The third kappa shape index (κ3) is 6.29. The van der Waals surface area contributed by atoms with E-state index >= 15 is 0 Å². The Labute approximate surface area is 277 Å².